The van der Waals surface area contributed by atoms with Crippen LogP contribution >= 0.6 is 0 Å². The predicted octanol–water partition coefficient (Wildman–Crippen LogP) is 3.43. The Hall–Kier alpha value is -1.24. The molecule has 0 amide bonds. The summed E-state index contributed by atoms with van der Waals surface area (Å²) in [6.07, 6.45) is -0.841. The Bertz CT molecular complexity index is 668. The van der Waals surface area contributed by atoms with Crippen molar-refractivity contribution in [2.75, 3.05) is 6.61 Å². The average molecular weight is 360 g/mol. The van der Waals surface area contributed by atoms with E-state index in [-0.39, 0.29) is 30.3 Å². The summed E-state index contributed by atoms with van der Waals surface area (Å²) < 4.78 is 30.8. The molecule has 2 aliphatic heterocycles. The Morgan fingerprint density at radius 1 is 0.962 bits per heavy atom. The van der Waals surface area contributed by atoms with Crippen molar-refractivity contribution in [3.05, 3.63) is 48.0 Å². The van der Waals surface area contributed by atoms with Crippen LogP contribution in [0.2, 0.25) is 0 Å². The molecule has 0 spiro atoms. The zero-order valence-corrected chi connectivity index (χ0v) is 15.9. The lowest BCUT2D eigenvalue weighted by atomic mass is 9.77. The number of benzene rings is 1. The molecule has 2 heterocycles. The van der Waals surface area contributed by atoms with E-state index in [1.54, 1.807) is 0 Å². The monoisotopic (exact) mass is 360 g/mol. The zero-order chi connectivity index (χ0) is 18.5. The lowest BCUT2D eigenvalue weighted by Gasteiger charge is -2.49. The second-order valence-corrected chi connectivity index (χ2v) is 8.26. The SMILES string of the molecule is C=C1[C@H]2COC(C)(C)O[C@H]2[C@@H]2OC(C)(C)O[C@@H]2[C@H]1OCc1ccccc1. The minimum atomic E-state index is -0.676. The van der Waals surface area contributed by atoms with Gasteiger partial charge in [-0.2, -0.15) is 0 Å². The van der Waals surface area contributed by atoms with Crippen LogP contribution in [0.25, 0.3) is 0 Å². The first-order valence-electron chi connectivity index (χ1n) is 9.27. The summed E-state index contributed by atoms with van der Waals surface area (Å²) in [5.74, 6) is -1.28. The number of hydrogen-bond acceptors (Lipinski definition) is 5. The van der Waals surface area contributed by atoms with Crippen LogP contribution in [0.3, 0.4) is 0 Å². The largest absolute Gasteiger partial charge is 0.366 e. The maximum atomic E-state index is 6.27. The number of hydrogen-bond donors (Lipinski definition) is 0. The highest BCUT2D eigenvalue weighted by Crippen LogP contribution is 2.47. The minimum absolute atomic E-state index is 0.0301. The normalized spacial score (nSPS) is 37.8. The molecular weight excluding hydrogens is 332 g/mol. The first kappa shape index (κ1) is 18.1. The van der Waals surface area contributed by atoms with E-state index in [2.05, 4.69) is 18.7 Å². The molecule has 26 heavy (non-hydrogen) atoms. The lowest BCUT2D eigenvalue weighted by molar-refractivity contribution is -0.314. The number of ether oxygens (including phenoxy) is 5. The molecule has 1 saturated carbocycles. The molecule has 1 aliphatic carbocycles. The van der Waals surface area contributed by atoms with Crippen molar-refractivity contribution in [1.29, 1.82) is 0 Å². The van der Waals surface area contributed by atoms with Gasteiger partial charge in [0.15, 0.2) is 11.6 Å². The van der Waals surface area contributed by atoms with Crippen molar-refractivity contribution in [3.8, 4) is 0 Å². The highest BCUT2D eigenvalue weighted by Gasteiger charge is 2.59. The molecule has 4 rings (SSSR count). The molecule has 5 nitrogen and oxygen atoms in total. The minimum Gasteiger partial charge on any atom is -0.366 e. The van der Waals surface area contributed by atoms with Crippen LogP contribution in [0.1, 0.15) is 33.3 Å². The van der Waals surface area contributed by atoms with Crippen LogP contribution < -0.4 is 0 Å². The zero-order valence-electron chi connectivity index (χ0n) is 15.9. The molecule has 0 radical (unpaired) electrons. The third kappa shape index (κ3) is 3.35. The van der Waals surface area contributed by atoms with Gasteiger partial charge in [-0.05, 0) is 38.8 Å². The molecule has 0 bridgehead atoms. The first-order chi connectivity index (χ1) is 12.3. The van der Waals surface area contributed by atoms with Gasteiger partial charge < -0.3 is 23.7 Å². The summed E-state index contributed by atoms with van der Waals surface area (Å²) in [7, 11) is 0. The smallest absolute Gasteiger partial charge is 0.164 e. The molecule has 142 valence electrons. The van der Waals surface area contributed by atoms with Crippen LogP contribution in [-0.2, 0) is 30.3 Å². The highest BCUT2D eigenvalue weighted by molar-refractivity contribution is 5.23. The molecule has 0 N–H and O–H groups in total. The van der Waals surface area contributed by atoms with E-state index in [0.717, 1.165) is 11.1 Å². The summed E-state index contributed by atoms with van der Waals surface area (Å²) >= 11 is 0. The van der Waals surface area contributed by atoms with Crippen molar-refractivity contribution < 1.29 is 23.7 Å². The maximum Gasteiger partial charge on any atom is 0.164 e. The van der Waals surface area contributed by atoms with Crippen LogP contribution in [0, 0.1) is 5.92 Å². The quantitative estimate of drug-likeness (QED) is 0.773. The van der Waals surface area contributed by atoms with Gasteiger partial charge in [-0.3, -0.25) is 0 Å². The Balaban J connectivity index is 1.58. The Labute approximate surface area is 155 Å². The van der Waals surface area contributed by atoms with E-state index < -0.39 is 11.6 Å². The summed E-state index contributed by atoms with van der Waals surface area (Å²) in [6, 6.07) is 10.1. The molecule has 1 aromatic rings. The van der Waals surface area contributed by atoms with E-state index >= 15 is 0 Å². The van der Waals surface area contributed by atoms with Crippen molar-refractivity contribution in [2.24, 2.45) is 5.92 Å². The molecule has 0 unspecified atom stereocenters. The molecule has 2 saturated heterocycles. The van der Waals surface area contributed by atoms with E-state index in [0.29, 0.717) is 13.2 Å². The van der Waals surface area contributed by atoms with Crippen molar-refractivity contribution in [1.82, 2.24) is 0 Å². The van der Waals surface area contributed by atoms with Crippen molar-refractivity contribution >= 4 is 0 Å². The molecule has 3 aliphatic rings. The molecular formula is C21H28O5. The van der Waals surface area contributed by atoms with Gasteiger partial charge in [0.25, 0.3) is 0 Å². The standard InChI is InChI=1S/C21H28O5/c1-13-15-12-23-20(2,3)24-17(15)19-18(25-21(4,5)26-19)16(13)22-11-14-9-7-6-8-10-14/h6-10,15-19H,1,11-12H2,2-5H3/t15-,16+,17-,18-,19+/m1/s1. The van der Waals surface area contributed by atoms with Gasteiger partial charge in [0, 0.05) is 5.92 Å². The van der Waals surface area contributed by atoms with Crippen LogP contribution in [-0.4, -0.2) is 42.6 Å². The highest BCUT2D eigenvalue weighted by atomic mass is 16.8. The van der Waals surface area contributed by atoms with Gasteiger partial charge in [0.2, 0.25) is 0 Å². The maximum absolute atomic E-state index is 6.27. The average Bonchev–Trinajstić information content (AvgIpc) is 2.90. The van der Waals surface area contributed by atoms with Crippen LogP contribution in [0.15, 0.2) is 42.5 Å². The topological polar surface area (TPSA) is 46.2 Å². The summed E-state index contributed by atoms with van der Waals surface area (Å²) in [6.45, 7) is 13.1. The van der Waals surface area contributed by atoms with E-state index in [9.17, 15) is 0 Å². The fourth-order valence-corrected chi connectivity index (χ4v) is 4.13. The van der Waals surface area contributed by atoms with E-state index in [1.807, 2.05) is 45.9 Å². The van der Waals surface area contributed by atoms with Gasteiger partial charge >= 0.3 is 0 Å². The Morgan fingerprint density at radius 3 is 2.35 bits per heavy atom. The van der Waals surface area contributed by atoms with E-state index in [1.165, 1.54) is 0 Å². The first-order valence-corrected chi connectivity index (χ1v) is 9.27. The molecule has 5 heteroatoms. The van der Waals surface area contributed by atoms with Crippen LogP contribution in [0.4, 0.5) is 0 Å². The van der Waals surface area contributed by atoms with Gasteiger partial charge in [0.05, 0.1) is 19.3 Å². The Morgan fingerprint density at radius 2 is 1.62 bits per heavy atom. The van der Waals surface area contributed by atoms with Gasteiger partial charge in [-0.15, -0.1) is 0 Å². The predicted molar refractivity (Wildman–Crippen MR) is 96.4 cm³/mol. The Kier molecular flexibility index (Phi) is 4.48. The van der Waals surface area contributed by atoms with E-state index in [4.69, 9.17) is 23.7 Å². The fraction of sp³-hybridized carbons (Fsp3) is 0.619. The van der Waals surface area contributed by atoms with Crippen molar-refractivity contribution in [2.45, 2.75) is 70.3 Å². The molecule has 5 atom stereocenters. The van der Waals surface area contributed by atoms with Gasteiger partial charge in [0.1, 0.15) is 18.3 Å². The second-order valence-electron chi connectivity index (χ2n) is 8.26. The third-order valence-corrected chi connectivity index (χ3v) is 5.33. The number of rotatable bonds is 3. The van der Waals surface area contributed by atoms with Crippen molar-refractivity contribution in [3.63, 3.8) is 0 Å². The summed E-state index contributed by atoms with van der Waals surface area (Å²) in [5.41, 5.74) is 2.08. The lowest BCUT2D eigenvalue weighted by Crippen LogP contribution is -2.61. The third-order valence-electron chi connectivity index (χ3n) is 5.33. The molecule has 1 aromatic carbocycles. The molecule has 0 aromatic heterocycles. The fourth-order valence-electron chi connectivity index (χ4n) is 4.13. The molecule has 3 fully saturated rings. The second kappa shape index (κ2) is 6.43. The number of fused-ring (bicyclic) bond motifs is 3. The van der Waals surface area contributed by atoms with Crippen LogP contribution in [0.5, 0.6) is 0 Å². The summed E-state index contributed by atoms with van der Waals surface area (Å²) in [4.78, 5) is 0. The summed E-state index contributed by atoms with van der Waals surface area (Å²) in [5, 5.41) is 0. The van der Waals surface area contributed by atoms with Gasteiger partial charge in [-0.1, -0.05) is 36.9 Å². The van der Waals surface area contributed by atoms with Gasteiger partial charge in [-0.25, -0.2) is 0 Å².